The molecule has 10 heteroatoms. The number of anilines is 1. The van der Waals surface area contributed by atoms with E-state index in [0.29, 0.717) is 5.69 Å². The van der Waals surface area contributed by atoms with Crippen LogP contribution in [-0.4, -0.2) is 42.1 Å². The van der Waals surface area contributed by atoms with Crippen molar-refractivity contribution in [1.82, 2.24) is 4.90 Å². The summed E-state index contributed by atoms with van der Waals surface area (Å²) in [6.07, 6.45) is 1.37. The van der Waals surface area contributed by atoms with Crippen LogP contribution in [0.15, 0.2) is 81.0 Å². The number of thioether (sulfide) groups is 1. The zero-order chi connectivity index (χ0) is 21.7. The number of nitrogens with one attached hydrogen (secondary N) is 1. The van der Waals surface area contributed by atoms with Gasteiger partial charge in [0, 0.05) is 23.1 Å². The van der Waals surface area contributed by atoms with Crippen LogP contribution in [0, 0.1) is 0 Å². The first-order chi connectivity index (χ1) is 14.3. The Hall–Kier alpha value is -2.43. The van der Waals surface area contributed by atoms with Crippen LogP contribution >= 0.6 is 27.7 Å². The molecule has 7 nitrogen and oxygen atoms in total. The molecule has 2 aromatic carbocycles. The Bertz CT molecular complexity index is 1090. The van der Waals surface area contributed by atoms with Gasteiger partial charge in [-0.2, -0.15) is 8.42 Å². The summed E-state index contributed by atoms with van der Waals surface area (Å²) in [5.41, 5.74) is 0.618. The van der Waals surface area contributed by atoms with Gasteiger partial charge >= 0.3 is 0 Å². The third-order valence-corrected chi connectivity index (χ3v) is 7.17. The number of hydrogen-bond acceptors (Lipinski definition) is 5. The quantitative estimate of drug-likeness (QED) is 0.576. The van der Waals surface area contributed by atoms with Crippen LogP contribution in [0.5, 0.6) is 0 Å². The molecule has 1 unspecified atom stereocenters. The van der Waals surface area contributed by atoms with Crippen molar-refractivity contribution in [1.29, 1.82) is 0 Å². The molecule has 0 aromatic heterocycles. The van der Waals surface area contributed by atoms with Crippen molar-refractivity contribution in [3.05, 3.63) is 71.7 Å². The van der Waals surface area contributed by atoms with Crippen LogP contribution in [-0.2, 0) is 19.6 Å². The molecule has 2 amide bonds. The van der Waals surface area contributed by atoms with Gasteiger partial charge in [0.2, 0.25) is 11.8 Å². The Morgan fingerprint density at radius 1 is 1.20 bits per heavy atom. The van der Waals surface area contributed by atoms with E-state index in [-0.39, 0.29) is 34.8 Å². The van der Waals surface area contributed by atoms with Gasteiger partial charge in [-0.05, 0) is 36.4 Å². The smallest absolute Gasteiger partial charge is 0.284 e. The normalized spacial score (nSPS) is 17.9. The molecule has 0 saturated carbocycles. The lowest BCUT2D eigenvalue weighted by atomic mass is 10.2. The van der Waals surface area contributed by atoms with E-state index in [2.05, 4.69) is 32.2 Å². The van der Waals surface area contributed by atoms with Crippen molar-refractivity contribution in [2.75, 3.05) is 11.9 Å². The van der Waals surface area contributed by atoms with E-state index in [4.69, 9.17) is 0 Å². The van der Waals surface area contributed by atoms with Crippen LogP contribution in [0.25, 0.3) is 0 Å². The van der Waals surface area contributed by atoms with Gasteiger partial charge in [-0.15, -0.1) is 11.0 Å². The molecule has 1 N–H and O–H groups in total. The van der Waals surface area contributed by atoms with Crippen molar-refractivity contribution in [3.8, 4) is 0 Å². The number of carbonyl (C=O) groups is 2. The summed E-state index contributed by atoms with van der Waals surface area (Å²) < 4.78 is 29.9. The molecular weight excluding hydrogens is 490 g/mol. The number of amides is 2. The first kappa shape index (κ1) is 22.3. The van der Waals surface area contributed by atoms with Crippen molar-refractivity contribution >= 4 is 60.4 Å². The van der Waals surface area contributed by atoms with Gasteiger partial charge in [-0.25, -0.2) is 0 Å². The minimum Gasteiger partial charge on any atom is -0.326 e. The zero-order valence-electron chi connectivity index (χ0n) is 15.7. The number of rotatable bonds is 7. The number of sulfonamides is 1. The molecule has 0 aliphatic carbocycles. The Morgan fingerprint density at radius 2 is 1.87 bits per heavy atom. The summed E-state index contributed by atoms with van der Waals surface area (Å²) in [6, 6.07) is 14.9. The Kier molecular flexibility index (Phi) is 7.11. The molecule has 1 aliphatic rings. The highest BCUT2D eigenvalue weighted by molar-refractivity contribution is 9.10. The molecule has 1 heterocycles. The van der Waals surface area contributed by atoms with Crippen LogP contribution in [0.3, 0.4) is 0 Å². The summed E-state index contributed by atoms with van der Waals surface area (Å²) in [7, 11) is -4.02. The lowest BCUT2D eigenvalue weighted by Crippen LogP contribution is -2.33. The van der Waals surface area contributed by atoms with Gasteiger partial charge in [-0.3, -0.25) is 14.5 Å². The fourth-order valence-electron chi connectivity index (χ4n) is 2.67. The highest BCUT2D eigenvalue weighted by Gasteiger charge is 2.39. The lowest BCUT2D eigenvalue weighted by Gasteiger charge is -2.13. The second-order valence-electron chi connectivity index (χ2n) is 6.27. The van der Waals surface area contributed by atoms with Crippen molar-refractivity contribution < 1.29 is 18.0 Å². The summed E-state index contributed by atoms with van der Waals surface area (Å²) in [5.74, 6) is -0.726. The fraction of sp³-hybridized carbons (Fsp3) is 0.150. The molecule has 1 aliphatic heterocycles. The SMILES string of the molecule is C=CCN1C(=O)C(CC(=O)Nc2ccccc2)SC1=NS(=O)(=O)c1ccc(Br)cc1. The first-order valence-electron chi connectivity index (χ1n) is 8.84. The third kappa shape index (κ3) is 5.38. The van der Waals surface area contributed by atoms with E-state index in [1.807, 2.05) is 6.07 Å². The number of carbonyl (C=O) groups excluding carboxylic acids is 2. The average Bonchev–Trinajstić information content (AvgIpc) is 2.97. The topological polar surface area (TPSA) is 95.9 Å². The maximum Gasteiger partial charge on any atom is 0.284 e. The number of halogens is 1. The van der Waals surface area contributed by atoms with Gasteiger partial charge in [0.15, 0.2) is 5.17 Å². The van der Waals surface area contributed by atoms with Gasteiger partial charge < -0.3 is 5.32 Å². The average molecular weight is 508 g/mol. The summed E-state index contributed by atoms with van der Waals surface area (Å²) in [4.78, 5) is 26.3. The van der Waals surface area contributed by atoms with E-state index < -0.39 is 15.3 Å². The molecule has 3 rings (SSSR count). The summed E-state index contributed by atoms with van der Waals surface area (Å²) in [6.45, 7) is 3.70. The second-order valence-corrected chi connectivity index (χ2v) is 9.95. The van der Waals surface area contributed by atoms with Crippen molar-refractivity contribution in [2.45, 2.75) is 16.6 Å². The monoisotopic (exact) mass is 507 g/mol. The van der Waals surface area contributed by atoms with E-state index in [0.717, 1.165) is 16.2 Å². The van der Waals surface area contributed by atoms with E-state index in [1.54, 1.807) is 36.4 Å². The largest absolute Gasteiger partial charge is 0.326 e. The molecule has 156 valence electrons. The first-order valence-corrected chi connectivity index (χ1v) is 12.0. The summed E-state index contributed by atoms with van der Waals surface area (Å²) in [5, 5.41) is 1.98. The predicted octanol–water partition coefficient (Wildman–Crippen LogP) is 3.65. The Labute approximate surface area is 187 Å². The van der Waals surface area contributed by atoms with E-state index >= 15 is 0 Å². The molecule has 1 saturated heterocycles. The number of amidine groups is 1. The van der Waals surface area contributed by atoms with Gasteiger partial charge in [0.1, 0.15) is 5.25 Å². The number of nitrogens with zero attached hydrogens (tertiary/aromatic N) is 2. The maximum atomic E-state index is 12.8. The molecule has 2 aromatic rings. The van der Waals surface area contributed by atoms with Crippen LogP contribution in [0.2, 0.25) is 0 Å². The predicted molar refractivity (Wildman–Crippen MR) is 122 cm³/mol. The standard InChI is InChI=1S/C20H18BrN3O4S2/c1-2-12-24-19(26)17(13-18(25)22-15-6-4-3-5-7-15)29-20(24)23-30(27,28)16-10-8-14(21)9-11-16/h2-11,17H,1,12-13H2,(H,22,25). The van der Waals surface area contributed by atoms with Gasteiger partial charge in [0.25, 0.3) is 10.0 Å². The van der Waals surface area contributed by atoms with Crippen LogP contribution in [0.1, 0.15) is 6.42 Å². The van der Waals surface area contributed by atoms with Crippen molar-refractivity contribution in [3.63, 3.8) is 0 Å². The number of hydrogen-bond donors (Lipinski definition) is 1. The molecule has 30 heavy (non-hydrogen) atoms. The molecule has 0 radical (unpaired) electrons. The van der Waals surface area contributed by atoms with Crippen LogP contribution in [0.4, 0.5) is 5.69 Å². The lowest BCUT2D eigenvalue weighted by molar-refractivity contribution is -0.127. The Morgan fingerprint density at radius 3 is 2.50 bits per heavy atom. The molecule has 1 fully saturated rings. The highest BCUT2D eigenvalue weighted by Crippen LogP contribution is 2.31. The zero-order valence-corrected chi connectivity index (χ0v) is 18.9. The second kappa shape index (κ2) is 9.59. The summed E-state index contributed by atoms with van der Waals surface area (Å²) >= 11 is 4.22. The molecule has 0 bridgehead atoms. The van der Waals surface area contributed by atoms with Gasteiger partial charge in [0.05, 0.1) is 4.90 Å². The number of benzene rings is 2. The molecular formula is C20H18BrN3O4S2. The minimum atomic E-state index is -4.02. The minimum absolute atomic E-state index is 0.00933. The fourth-order valence-corrected chi connectivity index (χ4v) is 5.30. The van der Waals surface area contributed by atoms with Gasteiger partial charge in [-0.1, -0.05) is 52.0 Å². The Balaban J connectivity index is 1.80. The van der Waals surface area contributed by atoms with E-state index in [9.17, 15) is 18.0 Å². The third-order valence-electron chi connectivity index (χ3n) is 4.07. The maximum absolute atomic E-state index is 12.8. The molecule has 1 atom stereocenters. The molecule has 0 spiro atoms. The number of para-hydroxylation sites is 1. The van der Waals surface area contributed by atoms with Crippen molar-refractivity contribution in [2.24, 2.45) is 4.40 Å². The highest BCUT2D eigenvalue weighted by atomic mass is 79.9. The van der Waals surface area contributed by atoms with E-state index in [1.165, 1.54) is 23.1 Å². The van der Waals surface area contributed by atoms with Crippen LogP contribution < -0.4 is 5.32 Å².